The number of nitrogens with one attached hydrogen (secondary N) is 1. The van der Waals surface area contributed by atoms with Crippen molar-refractivity contribution < 1.29 is 0 Å². The Balaban J connectivity index is 3.30. The number of hydrogen-bond acceptors (Lipinski definition) is 1. The van der Waals surface area contributed by atoms with Gasteiger partial charge in [-0.05, 0) is 6.54 Å². The lowest BCUT2D eigenvalue weighted by Gasteiger charge is -2.18. The van der Waals surface area contributed by atoms with E-state index in [0.29, 0.717) is 17.8 Å². The van der Waals surface area contributed by atoms with E-state index in [1.165, 1.54) is 0 Å². The molecule has 0 aliphatic heterocycles. The molecule has 0 aromatic heterocycles. The van der Waals surface area contributed by atoms with Gasteiger partial charge in [-0.3, -0.25) is 0 Å². The monoisotopic (exact) mass is 139 g/mol. The van der Waals surface area contributed by atoms with Gasteiger partial charge in [0.1, 0.15) is 0 Å². The van der Waals surface area contributed by atoms with Gasteiger partial charge in [0.15, 0.2) is 0 Å². The van der Waals surface area contributed by atoms with Crippen LogP contribution < -0.4 is 5.32 Å². The van der Waals surface area contributed by atoms with Gasteiger partial charge in [0, 0.05) is 6.04 Å². The summed E-state index contributed by atoms with van der Waals surface area (Å²) in [5.74, 6) is 0.869. The molecule has 0 aliphatic rings. The first-order valence-electron chi connectivity index (χ1n) is 4.03. The SMILES string of the molecule is [B]C(CNC(C)C)C(C)C. The van der Waals surface area contributed by atoms with Crippen molar-refractivity contribution in [3.63, 3.8) is 0 Å². The van der Waals surface area contributed by atoms with Gasteiger partial charge in [0.2, 0.25) is 0 Å². The summed E-state index contributed by atoms with van der Waals surface area (Å²) in [6.45, 7) is 9.48. The zero-order chi connectivity index (χ0) is 8.15. The first-order valence-corrected chi connectivity index (χ1v) is 4.03. The van der Waals surface area contributed by atoms with Gasteiger partial charge in [0.05, 0.1) is 7.85 Å². The summed E-state index contributed by atoms with van der Waals surface area (Å²) in [5, 5.41) is 3.30. The minimum Gasteiger partial charge on any atom is -0.315 e. The Kier molecular flexibility index (Phi) is 4.79. The van der Waals surface area contributed by atoms with E-state index in [0.717, 1.165) is 6.54 Å². The maximum atomic E-state index is 5.80. The highest BCUT2D eigenvalue weighted by molar-refractivity contribution is 6.11. The summed E-state index contributed by atoms with van der Waals surface area (Å²) in [5.41, 5.74) is 0. The van der Waals surface area contributed by atoms with Crippen molar-refractivity contribution in [2.75, 3.05) is 6.54 Å². The molecule has 1 N–H and O–H groups in total. The normalized spacial score (nSPS) is 14.6. The molecule has 0 rings (SSSR count). The van der Waals surface area contributed by atoms with Crippen LogP contribution >= 0.6 is 0 Å². The minimum atomic E-state index is 0.294. The van der Waals surface area contributed by atoms with Crippen LogP contribution in [0, 0.1) is 5.92 Å². The highest BCUT2D eigenvalue weighted by atomic mass is 14.9. The van der Waals surface area contributed by atoms with Crippen LogP contribution in [0.2, 0.25) is 5.82 Å². The first-order chi connectivity index (χ1) is 4.54. The molecule has 0 heterocycles. The summed E-state index contributed by atoms with van der Waals surface area (Å²) in [6, 6.07) is 0.546. The molecule has 1 atom stereocenters. The average Bonchev–Trinajstić information content (AvgIpc) is 1.82. The predicted molar refractivity (Wildman–Crippen MR) is 47.5 cm³/mol. The highest BCUT2D eigenvalue weighted by Crippen LogP contribution is 2.10. The standard InChI is InChI=1S/C8H18BN/c1-6(2)8(9)5-10-7(3)4/h6-8,10H,5H2,1-4H3. The van der Waals surface area contributed by atoms with E-state index in [4.69, 9.17) is 7.85 Å². The molecule has 0 saturated carbocycles. The van der Waals surface area contributed by atoms with Crippen molar-refractivity contribution in [3.05, 3.63) is 0 Å². The van der Waals surface area contributed by atoms with E-state index in [1.54, 1.807) is 0 Å². The molecule has 0 aromatic rings. The van der Waals surface area contributed by atoms with Crippen molar-refractivity contribution in [1.82, 2.24) is 5.32 Å². The van der Waals surface area contributed by atoms with Gasteiger partial charge >= 0.3 is 0 Å². The van der Waals surface area contributed by atoms with E-state index in [1.807, 2.05) is 0 Å². The van der Waals surface area contributed by atoms with Gasteiger partial charge in [0.25, 0.3) is 0 Å². The van der Waals surface area contributed by atoms with E-state index < -0.39 is 0 Å². The van der Waals surface area contributed by atoms with Gasteiger partial charge < -0.3 is 5.32 Å². The second-order valence-electron chi connectivity index (χ2n) is 3.47. The second kappa shape index (κ2) is 4.78. The van der Waals surface area contributed by atoms with Crippen LogP contribution in [0.3, 0.4) is 0 Å². The third-order valence-electron chi connectivity index (χ3n) is 1.62. The Morgan fingerprint density at radius 2 is 1.70 bits per heavy atom. The van der Waals surface area contributed by atoms with E-state index in [9.17, 15) is 0 Å². The van der Waals surface area contributed by atoms with Crippen LogP contribution in [-0.4, -0.2) is 20.4 Å². The molecule has 2 radical (unpaired) electrons. The summed E-state index contributed by atoms with van der Waals surface area (Å²) in [7, 11) is 5.80. The van der Waals surface area contributed by atoms with Gasteiger partial charge in [-0.2, -0.15) is 0 Å². The Labute approximate surface area is 66.0 Å². The summed E-state index contributed by atoms with van der Waals surface area (Å²) >= 11 is 0. The fourth-order valence-electron chi connectivity index (χ4n) is 0.607. The average molecular weight is 139 g/mol. The molecule has 0 saturated heterocycles. The molecule has 0 bridgehead atoms. The lowest BCUT2D eigenvalue weighted by molar-refractivity contribution is 0.504. The molecule has 10 heavy (non-hydrogen) atoms. The molecule has 58 valence electrons. The van der Waals surface area contributed by atoms with Gasteiger partial charge in [-0.25, -0.2) is 0 Å². The van der Waals surface area contributed by atoms with Crippen LogP contribution in [0.5, 0.6) is 0 Å². The maximum Gasteiger partial charge on any atom is 0.0720 e. The third-order valence-corrected chi connectivity index (χ3v) is 1.62. The minimum absolute atomic E-state index is 0.294. The molecule has 1 nitrogen and oxygen atoms in total. The van der Waals surface area contributed by atoms with Crippen molar-refractivity contribution in [3.8, 4) is 0 Å². The summed E-state index contributed by atoms with van der Waals surface area (Å²) in [6.07, 6.45) is 0. The smallest absolute Gasteiger partial charge is 0.0720 e. The van der Waals surface area contributed by atoms with Crippen LogP contribution in [0.15, 0.2) is 0 Å². The molecule has 0 aliphatic carbocycles. The Hall–Kier alpha value is 0.0249. The van der Waals surface area contributed by atoms with E-state index in [-0.39, 0.29) is 0 Å². The third kappa shape index (κ3) is 4.86. The van der Waals surface area contributed by atoms with Crippen LogP contribution in [0.4, 0.5) is 0 Å². The van der Waals surface area contributed by atoms with Crippen molar-refractivity contribution >= 4 is 7.85 Å². The lowest BCUT2D eigenvalue weighted by Crippen LogP contribution is -2.28. The lowest BCUT2D eigenvalue weighted by atomic mass is 9.78. The zero-order valence-electron chi connectivity index (χ0n) is 7.52. The van der Waals surface area contributed by atoms with Crippen LogP contribution in [0.25, 0.3) is 0 Å². The van der Waals surface area contributed by atoms with Crippen molar-refractivity contribution in [1.29, 1.82) is 0 Å². The Bertz CT molecular complexity index is 81.3. The highest BCUT2D eigenvalue weighted by Gasteiger charge is 2.05. The molecule has 0 amide bonds. The second-order valence-corrected chi connectivity index (χ2v) is 3.47. The van der Waals surface area contributed by atoms with Crippen molar-refractivity contribution in [2.24, 2.45) is 5.92 Å². The quantitative estimate of drug-likeness (QED) is 0.583. The summed E-state index contributed by atoms with van der Waals surface area (Å²) < 4.78 is 0. The van der Waals surface area contributed by atoms with E-state index in [2.05, 4.69) is 33.0 Å². The number of hydrogen-bond donors (Lipinski definition) is 1. The van der Waals surface area contributed by atoms with Crippen LogP contribution in [-0.2, 0) is 0 Å². The van der Waals surface area contributed by atoms with Gasteiger partial charge in [-0.15, -0.1) is 0 Å². The van der Waals surface area contributed by atoms with Crippen molar-refractivity contribution in [2.45, 2.75) is 39.6 Å². The number of rotatable bonds is 4. The maximum absolute atomic E-state index is 5.80. The molecular weight excluding hydrogens is 121 g/mol. The topological polar surface area (TPSA) is 12.0 Å². The van der Waals surface area contributed by atoms with Gasteiger partial charge in [-0.1, -0.05) is 39.4 Å². The molecular formula is C8H18BN. The Morgan fingerprint density at radius 1 is 1.20 bits per heavy atom. The largest absolute Gasteiger partial charge is 0.315 e. The Morgan fingerprint density at radius 3 is 2.00 bits per heavy atom. The molecule has 0 spiro atoms. The zero-order valence-corrected chi connectivity index (χ0v) is 7.52. The fraction of sp³-hybridized carbons (Fsp3) is 1.00. The fourth-order valence-corrected chi connectivity index (χ4v) is 0.607. The molecule has 2 heteroatoms. The van der Waals surface area contributed by atoms with E-state index >= 15 is 0 Å². The molecule has 0 aromatic carbocycles. The van der Waals surface area contributed by atoms with Crippen LogP contribution in [0.1, 0.15) is 27.7 Å². The summed E-state index contributed by atoms with van der Waals surface area (Å²) in [4.78, 5) is 0. The molecule has 1 unspecified atom stereocenters. The first kappa shape index (κ1) is 10.0. The molecule has 0 fully saturated rings. The predicted octanol–water partition coefficient (Wildman–Crippen LogP) is 1.60.